The van der Waals surface area contributed by atoms with E-state index in [1.165, 1.54) is 6.26 Å². The third-order valence-corrected chi connectivity index (χ3v) is 5.02. The highest BCUT2D eigenvalue weighted by Crippen LogP contribution is 2.28. The zero-order valence-electron chi connectivity index (χ0n) is 15.0. The molecule has 7 nitrogen and oxygen atoms in total. The van der Waals surface area contributed by atoms with Crippen LogP contribution in [0.3, 0.4) is 0 Å². The summed E-state index contributed by atoms with van der Waals surface area (Å²) in [6, 6.07) is 13.3. The molecule has 4 rings (SSSR count). The number of hydrazone groups is 1. The highest BCUT2D eigenvalue weighted by atomic mass is 16.3. The van der Waals surface area contributed by atoms with Gasteiger partial charge in [0.2, 0.25) is 0 Å². The minimum Gasteiger partial charge on any atom is -0.459 e. The van der Waals surface area contributed by atoms with E-state index in [-0.39, 0.29) is 17.9 Å². The Bertz CT molecular complexity index is 811. The summed E-state index contributed by atoms with van der Waals surface area (Å²) < 4.78 is 5.18. The van der Waals surface area contributed by atoms with Gasteiger partial charge in [-0.1, -0.05) is 30.3 Å². The van der Waals surface area contributed by atoms with Crippen LogP contribution in [0.1, 0.15) is 28.6 Å². The van der Waals surface area contributed by atoms with Gasteiger partial charge in [-0.15, -0.1) is 0 Å². The summed E-state index contributed by atoms with van der Waals surface area (Å²) in [5, 5.41) is 5.88. The lowest BCUT2D eigenvalue weighted by atomic mass is 10.0. The minimum absolute atomic E-state index is 0.0107. The molecule has 7 heteroatoms. The molecule has 1 aromatic carbocycles. The molecule has 2 amide bonds. The molecule has 0 saturated carbocycles. The Kier molecular flexibility index (Phi) is 5.02. The molecule has 1 fully saturated rings. The Morgan fingerprint density at radius 1 is 1.04 bits per heavy atom. The summed E-state index contributed by atoms with van der Waals surface area (Å²) in [4.78, 5) is 28.9. The SMILES string of the molecule is O=C(c1ccco1)N1CCN(CC(=O)N2N=CC[C@@H]2c2ccccc2)CC1. The van der Waals surface area contributed by atoms with Crippen molar-refractivity contribution in [1.82, 2.24) is 14.8 Å². The fourth-order valence-corrected chi connectivity index (χ4v) is 3.53. The second-order valence-electron chi connectivity index (χ2n) is 6.74. The van der Waals surface area contributed by atoms with Crippen molar-refractivity contribution in [2.75, 3.05) is 32.7 Å². The summed E-state index contributed by atoms with van der Waals surface area (Å²) in [5.41, 5.74) is 1.09. The second-order valence-corrected chi connectivity index (χ2v) is 6.74. The predicted molar refractivity (Wildman–Crippen MR) is 100 cm³/mol. The first-order valence-electron chi connectivity index (χ1n) is 9.17. The summed E-state index contributed by atoms with van der Waals surface area (Å²) in [7, 11) is 0. The summed E-state index contributed by atoms with van der Waals surface area (Å²) in [6.07, 6.45) is 4.04. The fraction of sp³-hybridized carbons (Fsp3) is 0.350. The first kappa shape index (κ1) is 17.5. The second kappa shape index (κ2) is 7.75. The zero-order chi connectivity index (χ0) is 18.6. The Morgan fingerprint density at radius 3 is 2.52 bits per heavy atom. The lowest BCUT2D eigenvalue weighted by Crippen LogP contribution is -2.51. The van der Waals surface area contributed by atoms with E-state index in [0.29, 0.717) is 38.5 Å². The molecule has 1 saturated heterocycles. The average Bonchev–Trinajstić information content (AvgIpc) is 3.41. The van der Waals surface area contributed by atoms with Crippen molar-refractivity contribution in [1.29, 1.82) is 0 Å². The van der Waals surface area contributed by atoms with Gasteiger partial charge in [0.15, 0.2) is 5.76 Å². The van der Waals surface area contributed by atoms with Gasteiger partial charge in [-0.2, -0.15) is 5.10 Å². The third kappa shape index (κ3) is 3.78. The van der Waals surface area contributed by atoms with Gasteiger partial charge in [-0.05, 0) is 17.7 Å². The maximum Gasteiger partial charge on any atom is 0.289 e. The Balaban J connectivity index is 1.32. The van der Waals surface area contributed by atoms with E-state index in [1.54, 1.807) is 28.3 Å². The van der Waals surface area contributed by atoms with Crippen LogP contribution in [0, 0.1) is 0 Å². The van der Waals surface area contributed by atoms with Crippen molar-refractivity contribution in [3.8, 4) is 0 Å². The van der Waals surface area contributed by atoms with Gasteiger partial charge in [-0.25, -0.2) is 5.01 Å². The largest absolute Gasteiger partial charge is 0.459 e. The lowest BCUT2D eigenvalue weighted by molar-refractivity contribution is -0.134. The standard InChI is InChI=1S/C20H22N4O3/c25-19(24-17(8-9-21-24)16-5-2-1-3-6-16)15-22-10-12-23(13-11-22)20(26)18-7-4-14-27-18/h1-7,9,14,17H,8,10-13,15H2/t17-/m1/s1. The number of benzene rings is 1. The van der Waals surface area contributed by atoms with Gasteiger partial charge in [0.25, 0.3) is 11.8 Å². The van der Waals surface area contributed by atoms with Crippen molar-refractivity contribution in [3.63, 3.8) is 0 Å². The number of rotatable bonds is 4. The molecule has 2 aromatic rings. The van der Waals surface area contributed by atoms with Gasteiger partial charge in [-0.3, -0.25) is 14.5 Å². The van der Waals surface area contributed by atoms with Crippen molar-refractivity contribution >= 4 is 18.0 Å². The number of furan rings is 1. The highest BCUT2D eigenvalue weighted by Gasteiger charge is 2.30. The number of amides is 2. The lowest BCUT2D eigenvalue weighted by Gasteiger charge is -2.34. The van der Waals surface area contributed by atoms with Crippen LogP contribution >= 0.6 is 0 Å². The fourth-order valence-electron chi connectivity index (χ4n) is 3.53. The van der Waals surface area contributed by atoms with Crippen LogP contribution in [0.5, 0.6) is 0 Å². The first-order chi connectivity index (χ1) is 13.2. The van der Waals surface area contributed by atoms with Gasteiger partial charge in [0, 0.05) is 38.8 Å². The molecule has 3 heterocycles. The zero-order valence-corrected chi connectivity index (χ0v) is 15.0. The monoisotopic (exact) mass is 366 g/mol. The number of piperazine rings is 1. The van der Waals surface area contributed by atoms with E-state index >= 15 is 0 Å². The van der Waals surface area contributed by atoms with E-state index < -0.39 is 0 Å². The summed E-state index contributed by atoms with van der Waals surface area (Å²) >= 11 is 0. The molecule has 0 unspecified atom stereocenters. The smallest absolute Gasteiger partial charge is 0.289 e. The molecular weight excluding hydrogens is 344 g/mol. The van der Waals surface area contributed by atoms with Crippen molar-refractivity contribution < 1.29 is 14.0 Å². The van der Waals surface area contributed by atoms with E-state index in [1.807, 2.05) is 30.3 Å². The van der Waals surface area contributed by atoms with Gasteiger partial charge in [0.05, 0.1) is 18.8 Å². The highest BCUT2D eigenvalue weighted by molar-refractivity contribution is 5.91. The van der Waals surface area contributed by atoms with Crippen LogP contribution in [0.2, 0.25) is 0 Å². The van der Waals surface area contributed by atoms with E-state index in [0.717, 1.165) is 12.0 Å². The van der Waals surface area contributed by atoms with E-state index in [2.05, 4.69) is 10.0 Å². The number of carbonyl (C=O) groups is 2. The van der Waals surface area contributed by atoms with Crippen molar-refractivity contribution in [2.24, 2.45) is 5.10 Å². The molecule has 2 aliphatic heterocycles. The number of carbonyl (C=O) groups excluding carboxylic acids is 2. The molecule has 140 valence electrons. The van der Waals surface area contributed by atoms with Gasteiger partial charge >= 0.3 is 0 Å². The summed E-state index contributed by atoms with van der Waals surface area (Å²) in [5.74, 6) is 0.249. The van der Waals surface area contributed by atoms with Crippen LogP contribution in [0.4, 0.5) is 0 Å². The Labute approximate surface area is 157 Å². The van der Waals surface area contributed by atoms with E-state index in [9.17, 15) is 9.59 Å². The molecule has 1 aromatic heterocycles. The molecule has 0 spiro atoms. The van der Waals surface area contributed by atoms with Crippen LogP contribution < -0.4 is 0 Å². The maximum atomic E-state index is 12.8. The number of hydrogen-bond donors (Lipinski definition) is 0. The van der Waals surface area contributed by atoms with Crippen LogP contribution in [0.15, 0.2) is 58.2 Å². The average molecular weight is 366 g/mol. The molecular formula is C20H22N4O3. The molecule has 0 N–H and O–H groups in total. The molecule has 2 aliphatic rings. The van der Waals surface area contributed by atoms with Crippen molar-refractivity contribution in [3.05, 3.63) is 60.1 Å². The van der Waals surface area contributed by atoms with Crippen LogP contribution in [0.25, 0.3) is 0 Å². The Morgan fingerprint density at radius 2 is 1.81 bits per heavy atom. The summed E-state index contributed by atoms with van der Waals surface area (Å²) in [6.45, 7) is 2.79. The topological polar surface area (TPSA) is 69.4 Å². The molecule has 0 aliphatic carbocycles. The first-order valence-corrected chi connectivity index (χ1v) is 9.17. The normalized spacial score (nSPS) is 20.2. The van der Waals surface area contributed by atoms with E-state index in [4.69, 9.17) is 4.42 Å². The van der Waals surface area contributed by atoms with Crippen LogP contribution in [-0.2, 0) is 4.79 Å². The predicted octanol–water partition coefficient (Wildman–Crippen LogP) is 2.00. The van der Waals surface area contributed by atoms with Gasteiger partial charge in [0.1, 0.15) is 0 Å². The maximum absolute atomic E-state index is 12.8. The molecule has 0 radical (unpaired) electrons. The molecule has 0 bridgehead atoms. The van der Waals surface area contributed by atoms with Crippen molar-refractivity contribution in [2.45, 2.75) is 12.5 Å². The number of hydrogen-bond acceptors (Lipinski definition) is 5. The van der Waals surface area contributed by atoms with Crippen LogP contribution in [-0.4, -0.2) is 65.6 Å². The minimum atomic E-state index is -0.0979. The quantitative estimate of drug-likeness (QED) is 0.830. The van der Waals surface area contributed by atoms with Gasteiger partial charge < -0.3 is 9.32 Å². The number of nitrogens with zero attached hydrogens (tertiary/aromatic N) is 4. The molecule has 27 heavy (non-hydrogen) atoms. The third-order valence-electron chi connectivity index (χ3n) is 5.02. The molecule has 1 atom stereocenters. The Hall–Kier alpha value is -2.93.